The molecule has 0 aliphatic carbocycles. The molecular weight excluding hydrogens is 406 g/mol. The van der Waals surface area contributed by atoms with Gasteiger partial charge in [-0.05, 0) is 35.8 Å². The van der Waals surface area contributed by atoms with Crippen LogP contribution in [-0.2, 0) is 16.0 Å². The van der Waals surface area contributed by atoms with Gasteiger partial charge in [0.2, 0.25) is 0 Å². The van der Waals surface area contributed by atoms with Gasteiger partial charge in [-0.2, -0.15) is 0 Å². The quantitative estimate of drug-likeness (QED) is 0.473. The molecule has 3 rings (SSSR count). The number of carbonyl (C=O) groups excluding carboxylic acids is 1. The Morgan fingerprint density at radius 1 is 1.14 bits per heavy atom. The van der Waals surface area contributed by atoms with Gasteiger partial charge in [-0.1, -0.05) is 66.4 Å². The maximum atomic E-state index is 12.5. The number of hydrogen-bond donors (Lipinski definition) is 1. The predicted octanol–water partition coefficient (Wildman–Crippen LogP) is 4.37. The van der Waals surface area contributed by atoms with Crippen LogP contribution in [0.4, 0.5) is 0 Å². The molecule has 1 saturated heterocycles. The van der Waals surface area contributed by atoms with E-state index in [0.29, 0.717) is 28.8 Å². The van der Waals surface area contributed by atoms with Crippen LogP contribution in [0.15, 0.2) is 59.5 Å². The summed E-state index contributed by atoms with van der Waals surface area (Å²) in [5.41, 5.74) is 2.11. The summed E-state index contributed by atoms with van der Waals surface area (Å²) >= 11 is 6.50. The van der Waals surface area contributed by atoms with Crippen LogP contribution < -0.4 is 4.74 Å². The van der Waals surface area contributed by atoms with Crippen molar-refractivity contribution < 1.29 is 19.4 Å². The molecule has 2 aromatic rings. The normalized spacial score (nSPS) is 15.2. The Kier molecular flexibility index (Phi) is 7.43. The van der Waals surface area contributed by atoms with Gasteiger partial charge in [-0.25, -0.2) is 0 Å². The minimum Gasteiger partial charge on any atom is -0.493 e. The van der Waals surface area contributed by atoms with Gasteiger partial charge in [0.25, 0.3) is 5.91 Å². The van der Waals surface area contributed by atoms with E-state index in [1.807, 2.05) is 42.5 Å². The largest absolute Gasteiger partial charge is 0.493 e. The molecule has 150 valence electrons. The van der Waals surface area contributed by atoms with Crippen LogP contribution in [0.3, 0.4) is 0 Å². The number of benzene rings is 2. The number of hydrogen-bond acceptors (Lipinski definition) is 5. The lowest BCUT2D eigenvalue weighted by atomic mass is 10.2. The Hall–Kier alpha value is -2.64. The number of carbonyl (C=O) groups is 2. The summed E-state index contributed by atoms with van der Waals surface area (Å²) in [5.74, 6) is -0.273. The van der Waals surface area contributed by atoms with Gasteiger partial charge in [0.05, 0.1) is 11.5 Å². The molecule has 1 aliphatic rings. The molecule has 0 aromatic heterocycles. The second-order valence-corrected chi connectivity index (χ2v) is 8.16. The molecule has 5 nitrogen and oxygen atoms in total. The number of rotatable bonds is 9. The van der Waals surface area contributed by atoms with Crippen molar-refractivity contribution >= 4 is 46.3 Å². The number of carboxylic acids is 1. The number of aliphatic carboxylic acids is 1. The number of amides is 1. The molecule has 1 amide bonds. The summed E-state index contributed by atoms with van der Waals surface area (Å²) in [6.07, 6.45) is 3.03. The van der Waals surface area contributed by atoms with Crippen molar-refractivity contribution in [2.24, 2.45) is 0 Å². The van der Waals surface area contributed by atoms with Gasteiger partial charge >= 0.3 is 5.97 Å². The van der Waals surface area contributed by atoms with Crippen molar-refractivity contribution in [3.05, 3.63) is 70.6 Å². The second-order valence-electron chi connectivity index (χ2n) is 6.48. The number of ether oxygens (including phenoxy) is 1. The van der Waals surface area contributed by atoms with Crippen molar-refractivity contribution in [1.82, 2.24) is 4.90 Å². The van der Waals surface area contributed by atoms with Crippen molar-refractivity contribution in [1.29, 1.82) is 0 Å². The molecular formula is C22H21NO4S2. The lowest BCUT2D eigenvalue weighted by Gasteiger charge is -2.13. The summed E-state index contributed by atoms with van der Waals surface area (Å²) in [7, 11) is 0. The van der Waals surface area contributed by atoms with Crippen LogP contribution in [0.1, 0.15) is 24.0 Å². The van der Waals surface area contributed by atoms with Crippen LogP contribution >= 0.6 is 24.0 Å². The Morgan fingerprint density at radius 3 is 2.55 bits per heavy atom. The van der Waals surface area contributed by atoms with Crippen molar-refractivity contribution in [2.45, 2.75) is 19.3 Å². The van der Waals surface area contributed by atoms with E-state index in [-0.39, 0.29) is 12.3 Å². The van der Waals surface area contributed by atoms with Gasteiger partial charge in [0.1, 0.15) is 10.1 Å². The average Bonchev–Trinajstić information content (AvgIpc) is 2.97. The van der Waals surface area contributed by atoms with E-state index in [1.165, 1.54) is 22.2 Å². The molecule has 0 radical (unpaired) electrons. The van der Waals surface area contributed by atoms with E-state index < -0.39 is 5.97 Å². The topological polar surface area (TPSA) is 66.8 Å². The number of carboxylic acid groups (broad SMARTS) is 1. The van der Waals surface area contributed by atoms with Crippen LogP contribution in [0.5, 0.6) is 5.75 Å². The average molecular weight is 428 g/mol. The smallest absolute Gasteiger partial charge is 0.303 e. The summed E-state index contributed by atoms with van der Waals surface area (Å²) in [6, 6.07) is 17.7. The monoisotopic (exact) mass is 427 g/mol. The lowest BCUT2D eigenvalue weighted by Crippen LogP contribution is -2.29. The predicted molar refractivity (Wildman–Crippen MR) is 119 cm³/mol. The van der Waals surface area contributed by atoms with Crippen molar-refractivity contribution in [3.63, 3.8) is 0 Å². The highest BCUT2D eigenvalue weighted by atomic mass is 32.2. The molecule has 2 aromatic carbocycles. The third-order valence-corrected chi connectivity index (χ3v) is 5.70. The number of thiocarbonyl (C=S) groups is 1. The van der Waals surface area contributed by atoms with Crippen LogP contribution in [0, 0.1) is 0 Å². The first kappa shape index (κ1) is 21.1. The molecule has 0 bridgehead atoms. The maximum Gasteiger partial charge on any atom is 0.303 e. The zero-order chi connectivity index (χ0) is 20.6. The minimum absolute atomic E-state index is 0.0157. The van der Waals surface area contributed by atoms with E-state index in [0.717, 1.165) is 17.7 Å². The van der Waals surface area contributed by atoms with Gasteiger partial charge in [-0.15, -0.1) is 0 Å². The van der Waals surface area contributed by atoms with E-state index in [1.54, 1.807) is 6.08 Å². The van der Waals surface area contributed by atoms with E-state index in [4.69, 9.17) is 22.1 Å². The maximum absolute atomic E-state index is 12.5. The molecule has 7 heteroatoms. The second kappa shape index (κ2) is 10.2. The first-order valence-electron chi connectivity index (χ1n) is 9.27. The van der Waals surface area contributed by atoms with Crippen molar-refractivity contribution in [3.8, 4) is 5.75 Å². The summed E-state index contributed by atoms with van der Waals surface area (Å²) in [6.45, 7) is 0.918. The molecule has 1 N–H and O–H groups in total. The molecule has 29 heavy (non-hydrogen) atoms. The Morgan fingerprint density at radius 2 is 1.86 bits per heavy atom. The fraction of sp³-hybridized carbons (Fsp3) is 0.227. The first-order chi connectivity index (χ1) is 14.0. The van der Waals surface area contributed by atoms with Gasteiger partial charge in [0, 0.05) is 19.4 Å². The minimum atomic E-state index is -0.878. The van der Waals surface area contributed by atoms with E-state index in [2.05, 4.69) is 12.1 Å². The standard InChI is InChI=1S/C22H21NO4S2/c24-20(25)7-4-13-23-21(26)19(29-22(23)28)15-17-8-10-18(11-9-17)27-14-12-16-5-2-1-3-6-16/h1-3,5-6,8-11,15H,4,7,12-14H2,(H,24,25)/b19-15-. The van der Waals surface area contributed by atoms with Gasteiger partial charge in [0.15, 0.2) is 0 Å². The van der Waals surface area contributed by atoms with Crippen LogP contribution in [0.2, 0.25) is 0 Å². The first-order valence-corrected chi connectivity index (χ1v) is 10.5. The fourth-order valence-electron chi connectivity index (χ4n) is 2.82. The molecule has 1 aliphatic heterocycles. The van der Waals surface area contributed by atoms with Gasteiger partial charge in [-0.3, -0.25) is 14.5 Å². The third-order valence-electron chi connectivity index (χ3n) is 4.33. The molecule has 0 unspecified atom stereocenters. The Labute approximate surface area is 179 Å². The highest BCUT2D eigenvalue weighted by Crippen LogP contribution is 2.33. The van der Waals surface area contributed by atoms with Gasteiger partial charge < -0.3 is 9.84 Å². The Balaban J connectivity index is 1.54. The summed E-state index contributed by atoms with van der Waals surface area (Å²) in [4.78, 5) is 25.2. The zero-order valence-electron chi connectivity index (χ0n) is 15.7. The lowest BCUT2D eigenvalue weighted by molar-refractivity contribution is -0.137. The summed E-state index contributed by atoms with van der Waals surface area (Å²) < 4.78 is 6.25. The SMILES string of the molecule is O=C(O)CCCN1C(=O)/C(=C/c2ccc(OCCc3ccccc3)cc2)SC1=S. The number of thioether (sulfide) groups is 1. The zero-order valence-corrected chi connectivity index (χ0v) is 17.4. The van der Waals surface area contributed by atoms with Crippen LogP contribution in [0.25, 0.3) is 6.08 Å². The van der Waals surface area contributed by atoms with E-state index in [9.17, 15) is 9.59 Å². The molecule has 1 heterocycles. The molecule has 1 fully saturated rings. The Bertz CT molecular complexity index is 910. The van der Waals surface area contributed by atoms with E-state index >= 15 is 0 Å². The fourth-order valence-corrected chi connectivity index (χ4v) is 4.13. The highest BCUT2D eigenvalue weighted by molar-refractivity contribution is 8.26. The number of nitrogens with zero attached hydrogens (tertiary/aromatic N) is 1. The van der Waals surface area contributed by atoms with Crippen LogP contribution in [-0.4, -0.2) is 39.4 Å². The molecule has 0 saturated carbocycles. The molecule has 0 atom stereocenters. The third kappa shape index (κ3) is 6.17. The highest BCUT2D eigenvalue weighted by Gasteiger charge is 2.31. The van der Waals surface area contributed by atoms with Crippen molar-refractivity contribution in [2.75, 3.05) is 13.2 Å². The summed E-state index contributed by atoms with van der Waals surface area (Å²) in [5, 5.41) is 8.74. The molecule has 0 spiro atoms.